The van der Waals surface area contributed by atoms with Gasteiger partial charge >= 0.3 is 0 Å². The Morgan fingerprint density at radius 2 is 1.84 bits per heavy atom. The van der Waals surface area contributed by atoms with Crippen molar-refractivity contribution >= 4 is 11.9 Å². The van der Waals surface area contributed by atoms with Gasteiger partial charge in [0, 0.05) is 5.56 Å². The lowest BCUT2D eigenvalue weighted by Crippen LogP contribution is -1.99. The predicted octanol–water partition coefficient (Wildman–Crippen LogP) is 4.87. The van der Waals surface area contributed by atoms with E-state index in [-0.39, 0.29) is 11.5 Å². The van der Waals surface area contributed by atoms with Crippen molar-refractivity contribution in [2.75, 3.05) is 13.7 Å². The summed E-state index contributed by atoms with van der Waals surface area (Å²) >= 11 is 0. The largest absolute Gasteiger partial charge is 0.508 e. The molecule has 1 N–H and O–H groups in total. The highest BCUT2D eigenvalue weighted by atomic mass is 16.5. The summed E-state index contributed by atoms with van der Waals surface area (Å²) in [7, 11) is 1.60. The maximum absolute atomic E-state index is 12.1. The highest BCUT2D eigenvalue weighted by Crippen LogP contribution is 2.29. The number of hydrogen-bond donors (Lipinski definition) is 1. The maximum Gasteiger partial charge on any atom is 0.185 e. The van der Waals surface area contributed by atoms with E-state index in [0.717, 1.165) is 24.8 Å². The van der Waals surface area contributed by atoms with Crippen molar-refractivity contribution in [2.45, 2.75) is 26.2 Å². The van der Waals surface area contributed by atoms with E-state index in [1.54, 1.807) is 25.3 Å². The van der Waals surface area contributed by atoms with Crippen molar-refractivity contribution in [2.24, 2.45) is 0 Å². The van der Waals surface area contributed by atoms with Gasteiger partial charge < -0.3 is 14.6 Å². The molecule has 4 heteroatoms. The van der Waals surface area contributed by atoms with Crippen LogP contribution in [-0.2, 0) is 0 Å². The second-order valence-corrected chi connectivity index (χ2v) is 5.71. The van der Waals surface area contributed by atoms with Crippen molar-refractivity contribution in [3.8, 4) is 17.2 Å². The van der Waals surface area contributed by atoms with E-state index >= 15 is 0 Å². The van der Waals surface area contributed by atoms with E-state index in [0.29, 0.717) is 23.7 Å². The highest BCUT2D eigenvalue weighted by molar-refractivity contribution is 6.06. The zero-order valence-electron chi connectivity index (χ0n) is 14.7. The van der Waals surface area contributed by atoms with Crippen molar-refractivity contribution in [3.05, 3.63) is 59.7 Å². The van der Waals surface area contributed by atoms with E-state index < -0.39 is 0 Å². The Bertz CT molecular complexity index is 717. The van der Waals surface area contributed by atoms with Crippen molar-refractivity contribution in [1.82, 2.24) is 0 Å². The van der Waals surface area contributed by atoms with Crippen molar-refractivity contribution in [1.29, 1.82) is 0 Å². The van der Waals surface area contributed by atoms with Crippen LogP contribution in [0, 0.1) is 0 Å². The number of carbonyl (C=O) groups excluding carboxylic acids is 1. The molecule has 2 rings (SSSR count). The lowest BCUT2D eigenvalue weighted by atomic mass is 10.1. The van der Waals surface area contributed by atoms with Gasteiger partial charge in [-0.2, -0.15) is 0 Å². The molecule has 132 valence electrons. The fourth-order valence-corrected chi connectivity index (χ4v) is 2.34. The number of phenolic OH excluding ortho intramolecular Hbond substituents is 1. The molecule has 4 nitrogen and oxygen atoms in total. The van der Waals surface area contributed by atoms with E-state index in [2.05, 4.69) is 6.92 Å². The lowest BCUT2D eigenvalue weighted by Gasteiger charge is -2.11. The summed E-state index contributed by atoms with van der Waals surface area (Å²) < 4.78 is 11.1. The molecule has 0 saturated heterocycles. The summed E-state index contributed by atoms with van der Waals surface area (Å²) in [5, 5.41) is 9.27. The number of ketones is 1. The predicted molar refractivity (Wildman–Crippen MR) is 99.5 cm³/mol. The third-order valence-electron chi connectivity index (χ3n) is 3.77. The smallest absolute Gasteiger partial charge is 0.185 e. The first kappa shape index (κ1) is 18.6. The van der Waals surface area contributed by atoms with Crippen LogP contribution in [0.5, 0.6) is 17.2 Å². The summed E-state index contributed by atoms with van der Waals surface area (Å²) in [5.41, 5.74) is 1.38. The second-order valence-electron chi connectivity index (χ2n) is 5.71. The van der Waals surface area contributed by atoms with Gasteiger partial charge in [0.05, 0.1) is 13.7 Å². The van der Waals surface area contributed by atoms with Gasteiger partial charge in [-0.25, -0.2) is 0 Å². The molecule has 0 fully saturated rings. The quantitative estimate of drug-likeness (QED) is 0.402. The monoisotopic (exact) mass is 340 g/mol. The average Bonchev–Trinajstić information content (AvgIpc) is 2.64. The first-order valence-corrected chi connectivity index (χ1v) is 8.46. The third-order valence-corrected chi connectivity index (χ3v) is 3.77. The number of methoxy groups -OCH3 is 1. The Kier molecular flexibility index (Phi) is 7.08. The molecule has 0 aliphatic carbocycles. The van der Waals surface area contributed by atoms with E-state index in [9.17, 15) is 9.90 Å². The molecule has 2 aromatic rings. The van der Waals surface area contributed by atoms with Crippen LogP contribution in [0.15, 0.2) is 48.5 Å². The molecule has 0 bridgehead atoms. The maximum atomic E-state index is 12.1. The standard InChI is InChI=1S/C21H24O4/c1-3-4-5-14-25-20-13-7-16(15-21(20)24-2)6-12-19(23)17-8-10-18(22)11-9-17/h6-13,15,22H,3-5,14H2,1-2H3. The Balaban J connectivity index is 2.04. The number of rotatable bonds is 9. The van der Waals surface area contributed by atoms with Crippen LogP contribution in [0.1, 0.15) is 42.1 Å². The molecule has 0 aliphatic rings. The summed E-state index contributed by atoms with van der Waals surface area (Å²) in [6, 6.07) is 11.8. The molecule has 0 aromatic heterocycles. The lowest BCUT2D eigenvalue weighted by molar-refractivity contribution is 0.104. The minimum absolute atomic E-state index is 0.126. The van der Waals surface area contributed by atoms with Gasteiger partial charge in [0.15, 0.2) is 17.3 Å². The molecule has 0 aliphatic heterocycles. The molecule has 0 saturated carbocycles. The molecule has 0 amide bonds. The summed E-state index contributed by atoms with van der Waals surface area (Å²) in [4.78, 5) is 12.1. The molecular weight excluding hydrogens is 316 g/mol. The summed E-state index contributed by atoms with van der Waals surface area (Å²) in [6.45, 7) is 2.82. The van der Waals surface area contributed by atoms with Gasteiger partial charge in [0.1, 0.15) is 5.75 Å². The fourth-order valence-electron chi connectivity index (χ4n) is 2.34. The Labute approximate surface area is 148 Å². The zero-order chi connectivity index (χ0) is 18.1. The van der Waals surface area contributed by atoms with E-state index in [1.807, 2.05) is 18.2 Å². The normalized spacial score (nSPS) is 10.8. The second kappa shape index (κ2) is 9.52. The highest BCUT2D eigenvalue weighted by Gasteiger charge is 2.06. The van der Waals surface area contributed by atoms with Crippen LogP contribution in [0.4, 0.5) is 0 Å². The van der Waals surface area contributed by atoms with Gasteiger partial charge in [-0.15, -0.1) is 0 Å². The zero-order valence-corrected chi connectivity index (χ0v) is 14.7. The molecule has 0 radical (unpaired) electrons. The minimum Gasteiger partial charge on any atom is -0.508 e. The van der Waals surface area contributed by atoms with Gasteiger partial charge in [-0.05, 0) is 54.5 Å². The van der Waals surface area contributed by atoms with Gasteiger partial charge in [-0.1, -0.05) is 31.9 Å². The molecule has 2 aromatic carbocycles. The van der Waals surface area contributed by atoms with Crippen molar-refractivity contribution < 1.29 is 19.4 Å². The minimum atomic E-state index is -0.126. The Morgan fingerprint density at radius 3 is 2.52 bits per heavy atom. The number of ether oxygens (including phenoxy) is 2. The average molecular weight is 340 g/mol. The van der Waals surface area contributed by atoms with Crippen LogP contribution in [0.25, 0.3) is 6.08 Å². The first-order chi connectivity index (χ1) is 12.1. The van der Waals surface area contributed by atoms with E-state index in [1.165, 1.54) is 18.2 Å². The van der Waals surface area contributed by atoms with Gasteiger partial charge in [0.2, 0.25) is 0 Å². The van der Waals surface area contributed by atoms with Crippen molar-refractivity contribution in [3.63, 3.8) is 0 Å². The summed E-state index contributed by atoms with van der Waals surface area (Å²) in [6.07, 6.45) is 6.55. The Hall–Kier alpha value is -2.75. The van der Waals surface area contributed by atoms with Crippen LogP contribution >= 0.6 is 0 Å². The SMILES string of the molecule is CCCCCOc1ccc(C=CC(=O)c2ccc(O)cc2)cc1OC. The van der Waals surface area contributed by atoms with Crippen LogP contribution in [0.2, 0.25) is 0 Å². The van der Waals surface area contributed by atoms with E-state index in [4.69, 9.17) is 9.47 Å². The summed E-state index contributed by atoms with van der Waals surface area (Å²) in [5.74, 6) is 1.37. The number of benzene rings is 2. The molecular formula is C21H24O4. The first-order valence-electron chi connectivity index (χ1n) is 8.46. The molecule has 0 heterocycles. The Morgan fingerprint density at radius 1 is 1.08 bits per heavy atom. The number of allylic oxidation sites excluding steroid dienone is 1. The topological polar surface area (TPSA) is 55.8 Å². The number of carbonyl (C=O) groups is 1. The van der Waals surface area contributed by atoms with Gasteiger partial charge in [0.25, 0.3) is 0 Å². The molecule has 25 heavy (non-hydrogen) atoms. The molecule has 0 atom stereocenters. The van der Waals surface area contributed by atoms with Crippen LogP contribution in [-0.4, -0.2) is 24.6 Å². The van der Waals surface area contributed by atoms with Crippen LogP contribution in [0.3, 0.4) is 0 Å². The third kappa shape index (κ3) is 5.68. The fraction of sp³-hybridized carbons (Fsp3) is 0.286. The number of aromatic hydroxyl groups is 1. The number of unbranched alkanes of at least 4 members (excludes halogenated alkanes) is 2. The van der Waals surface area contributed by atoms with Crippen LogP contribution < -0.4 is 9.47 Å². The number of hydrogen-bond acceptors (Lipinski definition) is 4. The molecule has 0 spiro atoms. The number of phenols is 1. The van der Waals surface area contributed by atoms with Gasteiger partial charge in [-0.3, -0.25) is 4.79 Å². The molecule has 0 unspecified atom stereocenters.